The van der Waals surface area contributed by atoms with Crippen molar-refractivity contribution in [2.24, 2.45) is 0 Å². The summed E-state index contributed by atoms with van der Waals surface area (Å²) in [5, 5.41) is 18.5. The van der Waals surface area contributed by atoms with E-state index in [0.717, 1.165) is 6.42 Å². The largest absolute Gasteiger partial charge is 0.328 e. The second kappa shape index (κ2) is 10.2. The van der Waals surface area contributed by atoms with Gasteiger partial charge in [0, 0.05) is 5.56 Å². The topological polar surface area (TPSA) is 69.5 Å². The maximum Gasteiger partial charge on any atom is 0.280 e. The lowest BCUT2D eigenvalue weighted by atomic mass is 10.0. The molecule has 0 spiro atoms. The summed E-state index contributed by atoms with van der Waals surface area (Å²) < 4.78 is 0. The van der Waals surface area contributed by atoms with Gasteiger partial charge in [0.1, 0.15) is 17.1 Å². The van der Waals surface area contributed by atoms with Crippen molar-refractivity contribution in [2.75, 3.05) is 11.9 Å². The van der Waals surface area contributed by atoms with Crippen molar-refractivity contribution in [3.05, 3.63) is 74.8 Å². The smallest absolute Gasteiger partial charge is 0.280 e. The number of amides is 1. The molecule has 1 atom stereocenters. The molecule has 0 fully saturated rings. The van der Waals surface area contributed by atoms with Gasteiger partial charge in [0.2, 0.25) is 0 Å². The maximum absolute atomic E-state index is 12.4. The predicted molar refractivity (Wildman–Crippen MR) is 116 cm³/mol. The van der Waals surface area contributed by atoms with Gasteiger partial charge in [-0.3, -0.25) is 4.79 Å². The van der Waals surface area contributed by atoms with Crippen molar-refractivity contribution in [3.8, 4) is 6.07 Å². The Kier molecular flexibility index (Phi) is 7.38. The van der Waals surface area contributed by atoms with Crippen LogP contribution in [0.5, 0.6) is 0 Å². The highest BCUT2D eigenvalue weighted by Gasteiger charge is 2.20. The van der Waals surface area contributed by atoms with E-state index in [0.29, 0.717) is 17.1 Å². The molecule has 1 aromatic carbocycles. The quantitative estimate of drug-likeness (QED) is 0.552. The highest BCUT2D eigenvalue weighted by molar-refractivity contribution is 7.14. The highest BCUT2D eigenvalue weighted by Crippen LogP contribution is 2.24. The van der Waals surface area contributed by atoms with Crippen LogP contribution in [0.2, 0.25) is 0 Å². The fraction of sp³-hybridized carbons (Fsp3) is 0.273. The molecule has 2 aromatic heterocycles. The normalized spacial score (nSPS) is 11.7. The second-order valence-electron chi connectivity index (χ2n) is 6.60. The van der Waals surface area contributed by atoms with Crippen LogP contribution in [0.4, 0.5) is 5.00 Å². The molecule has 0 saturated carbocycles. The molecule has 3 rings (SSSR count). The van der Waals surface area contributed by atoms with Crippen molar-refractivity contribution >= 4 is 33.6 Å². The third-order valence-electron chi connectivity index (χ3n) is 4.59. The molecule has 3 N–H and O–H groups in total. The fourth-order valence-electron chi connectivity index (χ4n) is 3.05. The molecule has 0 aliphatic carbocycles. The van der Waals surface area contributed by atoms with Crippen LogP contribution >= 0.6 is 22.7 Å². The van der Waals surface area contributed by atoms with Gasteiger partial charge in [0.25, 0.3) is 5.91 Å². The summed E-state index contributed by atoms with van der Waals surface area (Å²) >= 11 is 3.08. The summed E-state index contributed by atoms with van der Waals surface area (Å²) in [5.74, 6) is -0.0972. The van der Waals surface area contributed by atoms with E-state index in [9.17, 15) is 4.79 Å². The zero-order valence-corrected chi connectivity index (χ0v) is 17.5. The van der Waals surface area contributed by atoms with Crippen LogP contribution in [-0.2, 0) is 11.2 Å². The van der Waals surface area contributed by atoms with E-state index in [4.69, 9.17) is 5.26 Å². The lowest BCUT2D eigenvalue weighted by Crippen LogP contribution is -2.87. The van der Waals surface area contributed by atoms with Crippen LogP contribution in [0.3, 0.4) is 0 Å². The standard InChI is InChI=1S/C22H23N3OS2/c1-2-3-5-16-7-9-17(10-8-16)21(19-6-4-12-27-19)24-15-20(26)25-22-18(14-23)11-13-28-22/h4,6-13,21,24H,2-3,5,15H2,1H3,(H,25,26)/p+1/t21-/m0/s1. The molecule has 0 bridgehead atoms. The average Bonchev–Trinajstić information content (AvgIpc) is 3.39. The van der Waals surface area contributed by atoms with Crippen LogP contribution in [-0.4, -0.2) is 12.5 Å². The van der Waals surface area contributed by atoms with Gasteiger partial charge < -0.3 is 10.6 Å². The van der Waals surface area contributed by atoms with E-state index >= 15 is 0 Å². The SMILES string of the molecule is CCCCc1ccc([C@H]([NH2+]CC(=O)Nc2sccc2C#N)c2cccs2)cc1. The van der Waals surface area contributed by atoms with Crippen molar-refractivity contribution < 1.29 is 10.1 Å². The second-order valence-corrected chi connectivity index (χ2v) is 8.50. The van der Waals surface area contributed by atoms with Crippen LogP contribution in [0.25, 0.3) is 0 Å². The number of anilines is 1. The number of quaternary nitrogens is 1. The number of benzene rings is 1. The number of thiophene rings is 2. The zero-order chi connectivity index (χ0) is 19.8. The van der Waals surface area contributed by atoms with Gasteiger partial charge in [-0.15, -0.1) is 22.7 Å². The van der Waals surface area contributed by atoms with Gasteiger partial charge in [-0.05, 0) is 41.3 Å². The summed E-state index contributed by atoms with van der Waals surface area (Å²) in [6.07, 6.45) is 3.50. The molecule has 1 amide bonds. The van der Waals surface area contributed by atoms with E-state index < -0.39 is 0 Å². The third-order valence-corrected chi connectivity index (χ3v) is 6.37. The molecule has 0 radical (unpaired) electrons. The number of unbranched alkanes of at least 4 members (excludes halogenated alkanes) is 1. The predicted octanol–water partition coefficient (Wildman–Crippen LogP) is 4.32. The van der Waals surface area contributed by atoms with E-state index in [2.05, 4.69) is 59.3 Å². The first-order chi connectivity index (χ1) is 13.7. The number of rotatable bonds is 9. The van der Waals surface area contributed by atoms with E-state index in [1.165, 1.54) is 40.2 Å². The molecule has 2 heterocycles. The molecule has 28 heavy (non-hydrogen) atoms. The first-order valence-corrected chi connectivity index (χ1v) is 11.2. The van der Waals surface area contributed by atoms with Gasteiger partial charge in [-0.1, -0.05) is 43.7 Å². The van der Waals surface area contributed by atoms with Crippen LogP contribution in [0.15, 0.2) is 53.2 Å². The van der Waals surface area contributed by atoms with Gasteiger partial charge in [0.05, 0.1) is 10.4 Å². The molecule has 4 nitrogen and oxygen atoms in total. The lowest BCUT2D eigenvalue weighted by Gasteiger charge is -2.15. The number of aryl methyl sites for hydroxylation is 1. The Morgan fingerprint density at radius 3 is 2.68 bits per heavy atom. The highest BCUT2D eigenvalue weighted by atomic mass is 32.1. The van der Waals surface area contributed by atoms with Gasteiger partial charge in [-0.25, -0.2) is 0 Å². The minimum Gasteiger partial charge on any atom is -0.328 e. The lowest BCUT2D eigenvalue weighted by molar-refractivity contribution is -0.675. The summed E-state index contributed by atoms with van der Waals surface area (Å²) in [5.41, 5.74) is 3.06. The summed E-state index contributed by atoms with van der Waals surface area (Å²) in [6, 6.07) is 16.8. The first-order valence-electron chi connectivity index (χ1n) is 9.44. The van der Waals surface area contributed by atoms with Crippen LogP contribution in [0.1, 0.15) is 47.4 Å². The van der Waals surface area contributed by atoms with Crippen molar-refractivity contribution in [1.82, 2.24) is 0 Å². The minimum atomic E-state index is -0.0972. The first kappa shape index (κ1) is 20.3. The monoisotopic (exact) mass is 410 g/mol. The minimum absolute atomic E-state index is 0.0877. The zero-order valence-electron chi connectivity index (χ0n) is 15.9. The Balaban J connectivity index is 1.67. The Hall–Kier alpha value is -2.46. The number of nitriles is 1. The molecular formula is C22H24N3OS2+. The number of nitrogens with zero attached hydrogens (tertiary/aromatic N) is 1. The Bertz CT molecular complexity index is 924. The maximum atomic E-state index is 12.4. The molecular weight excluding hydrogens is 386 g/mol. The number of nitrogens with two attached hydrogens (primary N) is 1. The molecule has 0 saturated heterocycles. The molecule has 0 aliphatic heterocycles. The number of nitrogens with one attached hydrogen (secondary N) is 1. The fourth-order valence-corrected chi connectivity index (χ4v) is 4.66. The molecule has 6 heteroatoms. The molecule has 3 aromatic rings. The van der Waals surface area contributed by atoms with Gasteiger partial charge in [0.15, 0.2) is 6.54 Å². The third kappa shape index (κ3) is 5.29. The van der Waals surface area contributed by atoms with Gasteiger partial charge >= 0.3 is 0 Å². The molecule has 0 aliphatic rings. The van der Waals surface area contributed by atoms with E-state index in [-0.39, 0.29) is 11.9 Å². The van der Waals surface area contributed by atoms with E-state index in [1.54, 1.807) is 17.4 Å². The Labute approximate surface area is 173 Å². The molecule has 0 unspecified atom stereocenters. The summed E-state index contributed by atoms with van der Waals surface area (Å²) in [7, 11) is 0. The van der Waals surface area contributed by atoms with Crippen molar-refractivity contribution in [2.45, 2.75) is 32.2 Å². The van der Waals surface area contributed by atoms with Gasteiger partial charge in [-0.2, -0.15) is 5.26 Å². The average molecular weight is 411 g/mol. The summed E-state index contributed by atoms with van der Waals surface area (Å²) in [6.45, 7) is 2.50. The van der Waals surface area contributed by atoms with Crippen molar-refractivity contribution in [1.29, 1.82) is 5.26 Å². The number of hydrogen-bond donors (Lipinski definition) is 2. The number of carbonyl (C=O) groups is 1. The summed E-state index contributed by atoms with van der Waals surface area (Å²) in [4.78, 5) is 13.6. The van der Waals surface area contributed by atoms with Crippen molar-refractivity contribution in [3.63, 3.8) is 0 Å². The van der Waals surface area contributed by atoms with E-state index in [1.807, 2.05) is 11.4 Å². The Morgan fingerprint density at radius 2 is 2.00 bits per heavy atom. The van der Waals surface area contributed by atoms with Crippen LogP contribution < -0.4 is 10.6 Å². The molecule has 144 valence electrons. The Morgan fingerprint density at radius 1 is 1.18 bits per heavy atom. The van der Waals surface area contributed by atoms with Crippen LogP contribution in [0, 0.1) is 11.3 Å². The number of carbonyl (C=O) groups excluding carboxylic acids is 1. The number of hydrogen-bond acceptors (Lipinski definition) is 4.